The maximum Gasteiger partial charge on any atom is 0.491 e. The highest BCUT2D eigenvalue weighted by Crippen LogP contribution is 2.20. The lowest BCUT2D eigenvalue weighted by Crippen LogP contribution is -2.32. The summed E-state index contributed by atoms with van der Waals surface area (Å²) in [6.45, 7) is 0. The van der Waals surface area contributed by atoms with E-state index in [-0.39, 0.29) is 0 Å². The molecule has 14 heavy (non-hydrogen) atoms. The minimum atomic E-state index is -1.49. The van der Waals surface area contributed by atoms with Crippen LogP contribution in [0.5, 0.6) is 0 Å². The zero-order valence-electron chi connectivity index (χ0n) is 7.72. The highest BCUT2D eigenvalue weighted by Gasteiger charge is 2.18. The van der Waals surface area contributed by atoms with Crippen LogP contribution in [0.4, 0.5) is 5.95 Å². The molecule has 6 heteroatoms. The summed E-state index contributed by atoms with van der Waals surface area (Å²) in [4.78, 5) is 7.96. The van der Waals surface area contributed by atoms with Crippen molar-refractivity contribution < 1.29 is 10.0 Å². The van der Waals surface area contributed by atoms with E-state index in [9.17, 15) is 0 Å². The maximum absolute atomic E-state index is 8.81. The van der Waals surface area contributed by atoms with Crippen LogP contribution >= 0.6 is 0 Å². The van der Waals surface area contributed by atoms with Crippen molar-refractivity contribution in [1.82, 2.24) is 9.97 Å². The van der Waals surface area contributed by atoms with E-state index < -0.39 is 7.12 Å². The van der Waals surface area contributed by atoms with Gasteiger partial charge in [-0.2, -0.15) is 0 Å². The van der Waals surface area contributed by atoms with Gasteiger partial charge in [0.1, 0.15) is 0 Å². The van der Waals surface area contributed by atoms with Gasteiger partial charge >= 0.3 is 7.12 Å². The number of hydrogen-bond donors (Lipinski definition) is 3. The van der Waals surface area contributed by atoms with Crippen LogP contribution in [0.25, 0.3) is 0 Å². The van der Waals surface area contributed by atoms with Crippen LogP contribution in [0, 0.1) is 0 Å². The zero-order valence-corrected chi connectivity index (χ0v) is 7.72. The van der Waals surface area contributed by atoms with Crippen molar-refractivity contribution in [2.75, 3.05) is 5.32 Å². The first-order valence-corrected chi connectivity index (χ1v) is 4.70. The van der Waals surface area contributed by atoms with Crippen molar-refractivity contribution in [3.05, 3.63) is 12.4 Å². The van der Waals surface area contributed by atoms with Gasteiger partial charge in [-0.15, -0.1) is 0 Å². The van der Waals surface area contributed by atoms with E-state index in [1.807, 2.05) is 0 Å². The quantitative estimate of drug-likeness (QED) is 0.543. The molecule has 2 rings (SSSR count). The molecule has 5 nitrogen and oxygen atoms in total. The molecule has 0 bridgehead atoms. The molecule has 1 saturated carbocycles. The Hall–Kier alpha value is -1.14. The van der Waals surface area contributed by atoms with Gasteiger partial charge in [-0.05, 0) is 19.3 Å². The van der Waals surface area contributed by atoms with E-state index in [4.69, 9.17) is 10.0 Å². The minimum Gasteiger partial charge on any atom is -0.423 e. The van der Waals surface area contributed by atoms with Gasteiger partial charge in [0, 0.05) is 23.9 Å². The predicted octanol–water partition coefficient (Wildman–Crippen LogP) is -0.879. The van der Waals surface area contributed by atoms with E-state index >= 15 is 0 Å². The molecule has 1 aromatic heterocycles. The molecule has 3 N–H and O–H groups in total. The molecule has 1 aliphatic carbocycles. The van der Waals surface area contributed by atoms with Crippen molar-refractivity contribution >= 4 is 18.5 Å². The van der Waals surface area contributed by atoms with Gasteiger partial charge in [-0.25, -0.2) is 9.97 Å². The Morgan fingerprint density at radius 1 is 1.29 bits per heavy atom. The Balaban J connectivity index is 1.98. The third kappa shape index (κ3) is 2.02. The number of nitrogens with zero attached hydrogens (tertiary/aromatic N) is 2. The lowest BCUT2D eigenvalue weighted by molar-refractivity contribution is 0.425. The molecule has 0 spiro atoms. The van der Waals surface area contributed by atoms with E-state index in [0.29, 0.717) is 17.5 Å². The average molecular weight is 193 g/mol. The van der Waals surface area contributed by atoms with Crippen LogP contribution in [0.15, 0.2) is 12.4 Å². The molecule has 0 aromatic carbocycles. The molecule has 0 radical (unpaired) electrons. The van der Waals surface area contributed by atoms with Crippen molar-refractivity contribution in [2.45, 2.75) is 25.3 Å². The Morgan fingerprint density at radius 3 is 2.36 bits per heavy atom. The Morgan fingerprint density at radius 2 is 1.93 bits per heavy atom. The second-order valence-electron chi connectivity index (χ2n) is 3.49. The molecule has 0 amide bonds. The van der Waals surface area contributed by atoms with E-state index in [2.05, 4.69) is 15.3 Å². The van der Waals surface area contributed by atoms with Gasteiger partial charge < -0.3 is 15.4 Å². The zero-order chi connectivity index (χ0) is 9.97. The predicted molar refractivity (Wildman–Crippen MR) is 53.1 cm³/mol. The number of aromatic nitrogens is 2. The molecule has 0 aliphatic heterocycles. The van der Waals surface area contributed by atoms with Crippen LogP contribution in [-0.2, 0) is 0 Å². The fourth-order valence-electron chi connectivity index (χ4n) is 1.28. The van der Waals surface area contributed by atoms with Crippen LogP contribution in [0.2, 0.25) is 0 Å². The molecule has 0 unspecified atom stereocenters. The third-order valence-corrected chi connectivity index (χ3v) is 2.41. The van der Waals surface area contributed by atoms with Crippen LogP contribution in [-0.4, -0.2) is 33.2 Å². The molecule has 74 valence electrons. The summed E-state index contributed by atoms with van der Waals surface area (Å²) in [6.07, 6.45) is 6.41. The summed E-state index contributed by atoms with van der Waals surface area (Å²) in [5.74, 6) is 0.555. The van der Waals surface area contributed by atoms with Crippen LogP contribution in [0.3, 0.4) is 0 Å². The van der Waals surface area contributed by atoms with Crippen LogP contribution < -0.4 is 10.8 Å². The monoisotopic (exact) mass is 193 g/mol. The molecular formula is C8H12BN3O2. The topological polar surface area (TPSA) is 78.3 Å². The average Bonchev–Trinajstić information content (AvgIpc) is 2.12. The van der Waals surface area contributed by atoms with Crippen molar-refractivity contribution in [3.63, 3.8) is 0 Å². The fourth-order valence-corrected chi connectivity index (χ4v) is 1.28. The molecule has 0 saturated heterocycles. The Bertz CT molecular complexity index is 300. The molecule has 1 heterocycles. The first-order chi connectivity index (χ1) is 6.75. The number of nitrogens with one attached hydrogen (secondary N) is 1. The van der Waals surface area contributed by atoms with E-state index in [1.54, 1.807) is 0 Å². The van der Waals surface area contributed by atoms with Gasteiger partial charge in [-0.3, -0.25) is 0 Å². The molecular weight excluding hydrogens is 181 g/mol. The Labute approximate surface area is 82.4 Å². The maximum atomic E-state index is 8.81. The SMILES string of the molecule is OB(O)c1cnc(NC2CCC2)nc1. The first kappa shape index (κ1) is 9.42. The minimum absolute atomic E-state index is 0.309. The van der Waals surface area contributed by atoms with Gasteiger partial charge in [-0.1, -0.05) is 0 Å². The number of anilines is 1. The molecule has 1 aliphatic rings. The van der Waals surface area contributed by atoms with Gasteiger partial charge in [0.2, 0.25) is 5.95 Å². The normalized spacial score (nSPS) is 16.1. The summed E-state index contributed by atoms with van der Waals surface area (Å²) < 4.78 is 0. The summed E-state index contributed by atoms with van der Waals surface area (Å²) in [7, 11) is -1.49. The molecule has 1 aromatic rings. The fraction of sp³-hybridized carbons (Fsp3) is 0.500. The van der Waals surface area contributed by atoms with Crippen molar-refractivity contribution in [3.8, 4) is 0 Å². The lowest BCUT2D eigenvalue weighted by atomic mass is 9.83. The van der Waals surface area contributed by atoms with Gasteiger partial charge in [0.15, 0.2) is 0 Å². The van der Waals surface area contributed by atoms with Gasteiger partial charge in [0.25, 0.3) is 0 Å². The number of rotatable bonds is 3. The summed E-state index contributed by atoms with van der Waals surface area (Å²) in [6, 6.07) is 0.486. The largest absolute Gasteiger partial charge is 0.491 e. The lowest BCUT2D eigenvalue weighted by Gasteiger charge is -2.26. The van der Waals surface area contributed by atoms with E-state index in [1.165, 1.54) is 18.8 Å². The molecule has 1 fully saturated rings. The van der Waals surface area contributed by atoms with Gasteiger partial charge in [0.05, 0.1) is 0 Å². The van der Waals surface area contributed by atoms with Crippen LogP contribution in [0.1, 0.15) is 19.3 Å². The standard InChI is InChI=1S/C8H12BN3O2/c13-9(14)6-4-10-8(11-5-6)12-7-2-1-3-7/h4-5,7,13-14H,1-3H2,(H,10,11,12). The second kappa shape index (κ2) is 3.94. The highest BCUT2D eigenvalue weighted by atomic mass is 16.4. The number of hydrogen-bond acceptors (Lipinski definition) is 5. The smallest absolute Gasteiger partial charge is 0.423 e. The Kier molecular flexibility index (Phi) is 2.65. The summed E-state index contributed by atoms with van der Waals surface area (Å²) >= 11 is 0. The van der Waals surface area contributed by atoms with Crippen molar-refractivity contribution in [2.24, 2.45) is 0 Å². The summed E-state index contributed by atoms with van der Waals surface area (Å²) in [5.41, 5.74) is 0.309. The molecule has 0 atom stereocenters. The first-order valence-electron chi connectivity index (χ1n) is 4.70. The van der Waals surface area contributed by atoms with E-state index in [0.717, 1.165) is 12.8 Å². The van der Waals surface area contributed by atoms with Crippen molar-refractivity contribution in [1.29, 1.82) is 0 Å². The highest BCUT2D eigenvalue weighted by molar-refractivity contribution is 6.58. The summed E-state index contributed by atoms with van der Waals surface area (Å²) in [5, 5.41) is 20.8. The third-order valence-electron chi connectivity index (χ3n) is 2.41. The second-order valence-corrected chi connectivity index (χ2v) is 3.49.